The van der Waals surface area contributed by atoms with E-state index in [9.17, 15) is 18.0 Å². The summed E-state index contributed by atoms with van der Waals surface area (Å²) in [7, 11) is 0. The molecule has 0 atom stereocenters. The van der Waals surface area contributed by atoms with Crippen molar-refractivity contribution in [1.29, 1.82) is 0 Å². The molecule has 0 fully saturated rings. The molecular formula is C33H36F3NO2. The molecule has 0 N–H and O–H groups in total. The van der Waals surface area contributed by atoms with Crippen LogP contribution >= 0.6 is 0 Å². The molecule has 0 heterocycles. The van der Waals surface area contributed by atoms with Crippen molar-refractivity contribution in [2.45, 2.75) is 78.1 Å². The maximum atomic E-state index is 12.8. The predicted molar refractivity (Wildman–Crippen MR) is 148 cm³/mol. The number of hydroxylamine groups is 2. The molecule has 206 valence electrons. The third-order valence-electron chi connectivity index (χ3n) is 6.33. The minimum absolute atomic E-state index is 0.161. The van der Waals surface area contributed by atoms with E-state index >= 15 is 0 Å². The number of hydrogen-bond donors (Lipinski definition) is 0. The van der Waals surface area contributed by atoms with Crippen LogP contribution in [-0.2, 0) is 35.3 Å². The standard InChI is InChI=1S/C33H36F3NO2/c1-3-4-5-6-7-8-9-27-10-12-28(13-11-27)14-15-29-16-18-30(19-17-29)24-37(39-26(2)38)25-31-20-22-32(23-21-31)33(34,35)36/h10-13,16-23H,3-9,24-25H2,1-2H3. The molecule has 0 radical (unpaired) electrons. The van der Waals surface area contributed by atoms with Crippen molar-refractivity contribution >= 4 is 5.97 Å². The molecule has 0 bridgehead atoms. The summed E-state index contributed by atoms with van der Waals surface area (Å²) in [6.07, 6.45) is 4.46. The van der Waals surface area contributed by atoms with Gasteiger partial charge < -0.3 is 4.84 Å². The molecule has 39 heavy (non-hydrogen) atoms. The van der Waals surface area contributed by atoms with E-state index in [1.165, 1.54) is 68.2 Å². The fraction of sp³-hybridized carbons (Fsp3) is 0.364. The summed E-state index contributed by atoms with van der Waals surface area (Å²) in [6, 6.07) is 20.9. The fourth-order valence-electron chi connectivity index (χ4n) is 4.21. The number of aryl methyl sites for hydroxylation is 1. The molecule has 0 aliphatic carbocycles. The number of carbonyl (C=O) groups is 1. The Labute approximate surface area is 230 Å². The third-order valence-corrected chi connectivity index (χ3v) is 6.33. The first-order valence-electron chi connectivity index (χ1n) is 13.5. The van der Waals surface area contributed by atoms with Gasteiger partial charge in [0.1, 0.15) is 0 Å². The zero-order valence-electron chi connectivity index (χ0n) is 22.7. The van der Waals surface area contributed by atoms with E-state index in [1.807, 2.05) is 24.3 Å². The number of carbonyl (C=O) groups excluding carboxylic acids is 1. The van der Waals surface area contributed by atoms with Gasteiger partial charge in [0.25, 0.3) is 0 Å². The van der Waals surface area contributed by atoms with Crippen LogP contribution < -0.4 is 0 Å². The molecule has 0 aliphatic rings. The van der Waals surface area contributed by atoms with Gasteiger partial charge >= 0.3 is 12.1 Å². The second kappa shape index (κ2) is 15.1. The van der Waals surface area contributed by atoms with Crippen LogP contribution in [0.2, 0.25) is 0 Å². The number of hydrogen-bond acceptors (Lipinski definition) is 3. The van der Waals surface area contributed by atoms with Gasteiger partial charge in [0, 0.05) is 18.1 Å². The third kappa shape index (κ3) is 11.0. The van der Waals surface area contributed by atoms with Crippen LogP contribution in [-0.4, -0.2) is 11.0 Å². The van der Waals surface area contributed by atoms with Gasteiger partial charge in [0.15, 0.2) is 0 Å². The summed E-state index contributed by atoms with van der Waals surface area (Å²) in [5.41, 5.74) is 3.93. The van der Waals surface area contributed by atoms with Crippen molar-refractivity contribution in [2.24, 2.45) is 0 Å². The lowest BCUT2D eigenvalue weighted by molar-refractivity contribution is -0.194. The number of unbranched alkanes of at least 4 members (excludes halogenated alkanes) is 5. The minimum atomic E-state index is -4.39. The zero-order chi connectivity index (χ0) is 28.1. The maximum Gasteiger partial charge on any atom is 0.416 e. The maximum absolute atomic E-state index is 12.8. The van der Waals surface area contributed by atoms with E-state index in [1.54, 1.807) is 0 Å². The smallest absolute Gasteiger partial charge is 0.368 e. The van der Waals surface area contributed by atoms with Gasteiger partial charge in [-0.05, 0) is 65.9 Å². The average Bonchev–Trinajstić information content (AvgIpc) is 2.90. The van der Waals surface area contributed by atoms with Crippen LogP contribution in [0.4, 0.5) is 13.2 Å². The van der Waals surface area contributed by atoms with E-state index in [-0.39, 0.29) is 13.1 Å². The Balaban J connectivity index is 1.54. The number of nitrogens with zero attached hydrogens (tertiary/aromatic N) is 1. The highest BCUT2D eigenvalue weighted by atomic mass is 19.4. The topological polar surface area (TPSA) is 29.5 Å². The van der Waals surface area contributed by atoms with Gasteiger partial charge in [-0.3, -0.25) is 4.79 Å². The lowest BCUT2D eigenvalue weighted by Gasteiger charge is -2.21. The molecule has 0 aliphatic heterocycles. The van der Waals surface area contributed by atoms with E-state index in [2.05, 4.69) is 43.0 Å². The summed E-state index contributed by atoms with van der Waals surface area (Å²) in [4.78, 5) is 16.9. The second-order valence-electron chi connectivity index (χ2n) is 9.74. The average molecular weight is 536 g/mol. The Morgan fingerprint density at radius 1 is 0.718 bits per heavy atom. The Morgan fingerprint density at radius 3 is 1.67 bits per heavy atom. The Morgan fingerprint density at radius 2 is 1.18 bits per heavy atom. The molecule has 3 nitrogen and oxygen atoms in total. The van der Waals surface area contributed by atoms with Gasteiger partial charge in [-0.25, -0.2) is 0 Å². The lowest BCUT2D eigenvalue weighted by Crippen LogP contribution is -2.25. The summed E-state index contributed by atoms with van der Waals surface area (Å²) in [5.74, 6) is 5.89. The molecule has 6 heteroatoms. The molecular weight excluding hydrogens is 499 g/mol. The summed E-state index contributed by atoms with van der Waals surface area (Å²) in [5, 5.41) is 1.43. The predicted octanol–water partition coefficient (Wildman–Crippen LogP) is 8.49. The first kappa shape index (κ1) is 30.0. The highest BCUT2D eigenvalue weighted by molar-refractivity contribution is 5.65. The van der Waals surface area contributed by atoms with Crippen LogP contribution in [0.3, 0.4) is 0 Å². The molecule has 0 aromatic heterocycles. The van der Waals surface area contributed by atoms with Crippen LogP contribution in [0.15, 0.2) is 72.8 Å². The van der Waals surface area contributed by atoms with Crippen LogP contribution in [0.5, 0.6) is 0 Å². The zero-order valence-corrected chi connectivity index (χ0v) is 22.7. The van der Waals surface area contributed by atoms with Crippen molar-refractivity contribution in [3.63, 3.8) is 0 Å². The molecule has 3 aromatic rings. The fourth-order valence-corrected chi connectivity index (χ4v) is 4.21. The number of halogens is 3. The van der Waals surface area contributed by atoms with Crippen LogP contribution in [0, 0.1) is 11.8 Å². The lowest BCUT2D eigenvalue weighted by atomic mass is 10.0. The second-order valence-corrected chi connectivity index (χ2v) is 9.74. The van der Waals surface area contributed by atoms with Crippen LogP contribution in [0.25, 0.3) is 0 Å². The normalized spacial score (nSPS) is 11.2. The van der Waals surface area contributed by atoms with Crippen molar-refractivity contribution in [3.8, 4) is 11.8 Å². The molecule has 3 aromatic carbocycles. The van der Waals surface area contributed by atoms with Crippen molar-refractivity contribution < 1.29 is 22.8 Å². The van der Waals surface area contributed by atoms with Crippen LogP contribution in [0.1, 0.15) is 85.8 Å². The summed E-state index contributed by atoms with van der Waals surface area (Å²) < 4.78 is 38.5. The van der Waals surface area contributed by atoms with E-state index < -0.39 is 17.7 Å². The number of rotatable bonds is 12. The largest absolute Gasteiger partial charge is 0.416 e. The highest BCUT2D eigenvalue weighted by Crippen LogP contribution is 2.29. The van der Waals surface area contributed by atoms with E-state index in [4.69, 9.17) is 4.84 Å². The first-order valence-corrected chi connectivity index (χ1v) is 13.5. The van der Waals surface area contributed by atoms with E-state index in [0.717, 1.165) is 35.2 Å². The van der Waals surface area contributed by atoms with Crippen molar-refractivity contribution in [2.75, 3.05) is 0 Å². The monoisotopic (exact) mass is 535 g/mol. The Kier molecular flexibility index (Phi) is 11.6. The van der Waals surface area contributed by atoms with Gasteiger partial charge in [0.2, 0.25) is 0 Å². The molecule has 0 unspecified atom stereocenters. The van der Waals surface area contributed by atoms with Gasteiger partial charge in [-0.2, -0.15) is 13.2 Å². The highest BCUT2D eigenvalue weighted by Gasteiger charge is 2.30. The first-order chi connectivity index (χ1) is 18.7. The SMILES string of the molecule is CCCCCCCCc1ccc(C#Cc2ccc(CN(Cc3ccc(C(F)(F)F)cc3)OC(C)=O)cc2)cc1. The number of alkyl halides is 3. The Hall–Kier alpha value is -3.56. The molecule has 0 saturated carbocycles. The molecule has 0 saturated heterocycles. The van der Waals surface area contributed by atoms with Crippen molar-refractivity contribution in [3.05, 3.63) is 106 Å². The van der Waals surface area contributed by atoms with Gasteiger partial charge in [0.05, 0.1) is 18.7 Å². The number of benzene rings is 3. The summed E-state index contributed by atoms with van der Waals surface area (Å²) >= 11 is 0. The van der Waals surface area contributed by atoms with Crippen molar-refractivity contribution in [1.82, 2.24) is 5.06 Å². The quantitative estimate of drug-likeness (QED) is 0.132. The molecule has 0 spiro atoms. The van der Waals surface area contributed by atoms with Gasteiger partial charge in [-0.1, -0.05) is 87.3 Å². The van der Waals surface area contributed by atoms with Gasteiger partial charge in [-0.15, -0.1) is 5.06 Å². The molecule has 0 amide bonds. The molecule has 3 rings (SSSR count). The Bertz CT molecular complexity index is 1220. The minimum Gasteiger partial charge on any atom is -0.368 e. The van der Waals surface area contributed by atoms with E-state index in [0.29, 0.717) is 5.56 Å². The summed E-state index contributed by atoms with van der Waals surface area (Å²) in [6.45, 7) is 3.97.